The van der Waals surface area contributed by atoms with E-state index >= 15 is 0 Å². The zero-order valence-electron chi connectivity index (χ0n) is 27.9. The molecule has 11 rings (SSSR count). The highest BCUT2D eigenvalue weighted by Gasteiger charge is 2.27. The molecular formula is C47H29N3OS. The molecule has 0 spiro atoms. The molecule has 1 aliphatic heterocycles. The van der Waals surface area contributed by atoms with Crippen molar-refractivity contribution in [2.45, 2.75) is 6.17 Å². The van der Waals surface area contributed by atoms with E-state index in [2.05, 4.69) is 151 Å². The van der Waals surface area contributed by atoms with Gasteiger partial charge in [-0.15, -0.1) is 11.3 Å². The topological polar surface area (TPSA) is 49.9 Å². The van der Waals surface area contributed by atoms with Gasteiger partial charge in [0.05, 0.1) is 0 Å². The Kier molecular flexibility index (Phi) is 6.45. The smallest absolute Gasteiger partial charge is 0.171 e. The monoisotopic (exact) mass is 683 g/mol. The molecule has 0 fully saturated rings. The summed E-state index contributed by atoms with van der Waals surface area (Å²) in [6.45, 7) is 0. The molecule has 3 heterocycles. The number of amidine groups is 2. The summed E-state index contributed by atoms with van der Waals surface area (Å²) in [6.07, 6.45) is -0.545. The van der Waals surface area contributed by atoms with Crippen LogP contribution in [-0.2, 0) is 0 Å². The van der Waals surface area contributed by atoms with Gasteiger partial charge in [0.2, 0.25) is 0 Å². The van der Waals surface area contributed by atoms with E-state index in [4.69, 9.17) is 14.4 Å². The van der Waals surface area contributed by atoms with Crippen LogP contribution in [0.25, 0.3) is 74.8 Å². The summed E-state index contributed by atoms with van der Waals surface area (Å²) in [5.41, 5.74) is 6.94. The van der Waals surface area contributed by atoms with Crippen LogP contribution >= 0.6 is 11.3 Å². The van der Waals surface area contributed by atoms with Crippen LogP contribution in [0, 0.1) is 0 Å². The van der Waals surface area contributed by atoms with Crippen LogP contribution in [-0.4, -0.2) is 11.7 Å². The fourth-order valence-electron chi connectivity index (χ4n) is 7.89. The lowest BCUT2D eigenvalue weighted by atomic mass is 9.92. The van der Waals surface area contributed by atoms with Crippen molar-refractivity contribution in [2.24, 2.45) is 9.98 Å². The third-order valence-corrected chi connectivity index (χ3v) is 11.5. The Morgan fingerprint density at radius 1 is 0.462 bits per heavy atom. The minimum absolute atomic E-state index is 0.545. The minimum Gasteiger partial charge on any atom is -0.456 e. The summed E-state index contributed by atoms with van der Waals surface area (Å²) in [6, 6.07) is 58.0. The maximum Gasteiger partial charge on any atom is 0.171 e. The molecular weight excluding hydrogens is 655 g/mol. The summed E-state index contributed by atoms with van der Waals surface area (Å²) >= 11 is 1.83. The SMILES string of the molecule is c1ccc(C2=NC(c3c(-c4ccc5c(c4)sc4ccccc45)ccc4oc5ccccc5c34)N=C(c3ccc4c(ccc5ccccc54)c3)N2)cc1. The number of hydrogen-bond donors (Lipinski definition) is 1. The molecule has 0 saturated heterocycles. The molecule has 1 aliphatic rings. The number of nitrogens with zero attached hydrogens (tertiary/aromatic N) is 2. The first kappa shape index (κ1) is 29.2. The van der Waals surface area contributed by atoms with Crippen molar-refractivity contribution in [3.05, 3.63) is 180 Å². The Morgan fingerprint density at radius 2 is 1.13 bits per heavy atom. The van der Waals surface area contributed by atoms with Gasteiger partial charge < -0.3 is 9.73 Å². The van der Waals surface area contributed by atoms with Gasteiger partial charge in [0.15, 0.2) is 6.17 Å². The maximum atomic E-state index is 6.48. The van der Waals surface area contributed by atoms with E-state index in [9.17, 15) is 0 Å². The van der Waals surface area contributed by atoms with Crippen molar-refractivity contribution in [1.82, 2.24) is 5.32 Å². The van der Waals surface area contributed by atoms with Crippen molar-refractivity contribution >= 4 is 86.7 Å². The summed E-state index contributed by atoms with van der Waals surface area (Å²) in [5, 5.41) is 13.2. The Labute approximate surface area is 303 Å². The van der Waals surface area contributed by atoms with Gasteiger partial charge in [0, 0.05) is 47.6 Å². The van der Waals surface area contributed by atoms with Crippen LogP contribution < -0.4 is 5.32 Å². The molecule has 52 heavy (non-hydrogen) atoms. The predicted molar refractivity (Wildman–Crippen MR) is 219 cm³/mol. The number of fused-ring (bicyclic) bond motifs is 9. The minimum atomic E-state index is -0.545. The van der Waals surface area contributed by atoms with E-state index in [1.807, 2.05) is 29.5 Å². The summed E-state index contributed by atoms with van der Waals surface area (Å²) in [7, 11) is 0. The molecule has 1 N–H and O–H groups in total. The highest BCUT2D eigenvalue weighted by Crippen LogP contribution is 2.44. The largest absolute Gasteiger partial charge is 0.456 e. The number of furan rings is 1. The lowest BCUT2D eigenvalue weighted by Crippen LogP contribution is -2.36. The second kappa shape index (κ2) is 11.5. The van der Waals surface area contributed by atoms with Crippen molar-refractivity contribution in [3.63, 3.8) is 0 Å². The van der Waals surface area contributed by atoms with Crippen LogP contribution in [0.4, 0.5) is 0 Å². The quantitative estimate of drug-likeness (QED) is 0.188. The second-order valence-electron chi connectivity index (χ2n) is 13.4. The first-order valence-electron chi connectivity index (χ1n) is 17.5. The van der Waals surface area contributed by atoms with Crippen LogP contribution in [0.3, 0.4) is 0 Å². The molecule has 1 atom stereocenters. The molecule has 244 valence electrons. The maximum absolute atomic E-state index is 6.48. The van der Waals surface area contributed by atoms with E-state index in [1.165, 1.54) is 41.7 Å². The highest BCUT2D eigenvalue weighted by atomic mass is 32.1. The van der Waals surface area contributed by atoms with Gasteiger partial charge in [-0.3, -0.25) is 0 Å². The van der Waals surface area contributed by atoms with Crippen molar-refractivity contribution < 1.29 is 4.42 Å². The van der Waals surface area contributed by atoms with Crippen molar-refractivity contribution in [1.29, 1.82) is 0 Å². The van der Waals surface area contributed by atoms with Gasteiger partial charge in [0.1, 0.15) is 22.8 Å². The highest BCUT2D eigenvalue weighted by molar-refractivity contribution is 7.25. The molecule has 2 aromatic heterocycles. The van der Waals surface area contributed by atoms with E-state index in [0.29, 0.717) is 0 Å². The summed E-state index contributed by atoms with van der Waals surface area (Å²) < 4.78 is 9.03. The van der Waals surface area contributed by atoms with Crippen molar-refractivity contribution in [2.75, 3.05) is 0 Å². The third kappa shape index (κ3) is 4.60. The Bertz CT molecular complexity index is 3120. The predicted octanol–water partition coefficient (Wildman–Crippen LogP) is 12.4. The molecule has 0 amide bonds. The molecule has 10 aromatic rings. The number of benzene rings is 8. The molecule has 5 heteroatoms. The van der Waals surface area contributed by atoms with Crippen LogP contribution in [0.1, 0.15) is 22.9 Å². The molecule has 0 aliphatic carbocycles. The zero-order valence-corrected chi connectivity index (χ0v) is 28.7. The lowest BCUT2D eigenvalue weighted by molar-refractivity contribution is 0.667. The zero-order chi connectivity index (χ0) is 34.2. The van der Waals surface area contributed by atoms with E-state index in [0.717, 1.165) is 61.4 Å². The van der Waals surface area contributed by atoms with Crippen LogP contribution in [0.2, 0.25) is 0 Å². The van der Waals surface area contributed by atoms with Crippen LogP contribution in [0.5, 0.6) is 0 Å². The van der Waals surface area contributed by atoms with Gasteiger partial charge in [0.25, 0.3) is 0 Å². The third-order valence-electron chi connectivity index (χ3n) is 10.3. The van der Waals surface area contributed by atoms with Gasteiger partial charge in [-0.25, -0.2) is 9.98 Å². The molecule has 8 aromatic carbocycles. The Balaban J connectivity index is 1.16. The summed E-state index contributed by atoms with van der Waals surface area (Å²) in [4.78, 5) is 10.9. The van der Waals surface area contributed by atoms with Gasteiger partial charge in [-0.2, -0.15) is 0 Å². The van der Waals surface area contributed by atoms with E-state index in [1.54, 1.807) is 0 Å². The molecule has 4 nitrogen and oxygen atoms in total. The number of rotatable bonds is 4. The number of para-hydroxylation sites is 1. The number of nitrogens with one attached hydrogen (secondary N) is 1. The molecule has 0 radical (unpaired) electrons. The standard InChI is InChI=1S/C47H29N3OS/c1-2-11-29(12-3-1)45-48-46(32-21-22-34-30(26-32)19-18-28-10-4-5-13-33(28)34)50-47(49-45)44-35(24-25-40-43(44)38-15-6-8-16-39(38)51-40)31-20-23-37-36-14-7-9-17-41(36)52-42(37)27-31/h1-27,47H,(H,48,49,50). The Morgan fingerprint density at radius 3 is 2.04 bits per heavy atom. The van der Waals surface area contributed by atoms with Crippen LogP contribution in [0.15, 0.2) is 178 Å². The molecule has 0 saturated carbocycles. The van der Waals surface area contributed by atoms with E-state index in [-0.39, 0.29) is 0 Å². The number of hydrogen-bond acceptors (Lipinski definition) is 5. The first-order chi connectivity index (χ1) is 25.7. The molecule has 1 unspecified atom stereocenters. The molecule has 0 bridgehead atoms. The fourth-order valence-corrected chi connectivity index (χ4v) is 9.03. The number of thiophene rings is 1. The normalized spacial score (nSPS) is 14.7. The van der Waals surface area contributed by atoms with Gasteiger partial charge in [-0.05, 0) is 63.0 Å². The first-order valence-corrected chi connectivity index (χ1v) is 18.3. The fraction of sp³-hybridized carbons (Fsp3) is 0.0213. The average molecular weight is 684 g/mol. The summed E-state index contributed by atoms with van der Waals surface area (Å²) in [5.74, 6) is 1.56. The second-order valence-corrected chi connectivity index (χ2v) is 14.4. The number of aliphatic imine (C=N–C) groups is 2. The van der Waals surface area contributed by atoms with Gasteiger partial charge >= 0.3 is 0 Å². The van der Waals surface area contributed by atoms with Gasteiger partial charge in [-0.1, -0.05) is 133 Å². The van der Waals surface area contributed by atoms with E-state index < -0.39 is 6.17 Å². The lowest BCUT2D eigenvalue weighted by Gasteiger charge is -2.24. The average Bonchev–Trinajstić information content (AvgIpc) is 3.78. The van der Waals surface area contributed by atoms with Crippen molar-refractivity contribution in [3.8, 4) is 11.1 Å². The Hall–Kier alpha value is -6.56.